The van der Waals surface area contributed by atoms with Crippen LogP contribution in [-0.2, 0) is 17.7 Å². The fourth-order valence-corrected chi connectivity index (χ4v) is 1.72. The monoisotopic (exact) mass is 241 g/mol. The Morgan fingerprint density at radius 2 is 2.29 bits per heavy atom. The standard InChI is InChI=1S/C12H23N3O2/c1-3-7-15-12(13-10-14-15)9-11(16)6-5-8-17-4-2/h10-11,16H,3-9H2,1-2H3. The molecular weight excluding hydrogens is 218 g/mol. The van der Waals surface area contributed by atoms with Crippen LogP contribution in [0.15, 0.2) is 6.33 Å². The zero-order valence-electron chi connectivity index (χ0n) is 10.8. The van der Waals surface area contributed by atoms with Crippen LogP contribution in [0.3, 0.4) is 0 Å². The SMILES string of the molecule is CCCn1ncnc1CC(O)CCCOCC. The van der Waals surface area contributed by atoms with Gasteiger partial charge in [0.25, 0.3) is 0 Å². The highest BCUT2D eigenvalue weighted by molar-refractivity contribution is 4.87. The van der Waals surface area contributed by atoms with Crippen LogP contribution in [0.2, 0.25) is 0 Å². The number of aliphatic hydroxyl groups is 1. The second-order valence-electron chi connectivity index (χ2n) is 4.10. The minimum absolute atomic E-state index is 0.352. The highest BCUT2D eigenvalue weighted by Crippen LogP contribution is 2.06. The first-order valence-corrected chi connectivity index (χ1v) is 6.40. The Morgan fingerprint density at radius 1 is 1.47 bits per heavy atom. The highest BCUT2D eigenvalue weighted by atomic mass is 16.5. The van der Waals surface area contributed by atoms with Crippen LogP contribution in [0.25, 0.3) is 0 Å². The van der Waals surface area contributed by atoms with Gasteiger partial charge in [-0.25, -0.2) is 4.98 Å². The van der Waals surface area contributed by atoms with Gasteiger partial charge in [0, 0.05) is 26.2 Å². The average molecular weight is 241 g/mol. The summed E-state index contributed by atoms with van der Waals surface area (Å²) in [5, 5.41) is 14.0. The topological polar surface area (TPSA) is 60.2 Å². The van der Waals surface area contributed by atoms with Crippen LogP contribution in [0.5, 0.6) is 0 Å². The first-order chi connectivity index (χ1) is 8.27. The molecule has 0 bridgehead atoms. The van der Waals surface area contributed by atoms with Gasteiger partial charge in [0.1, 0.15) is 12.2 Å². The predicted molar refractivity (Wildman–Crippen MR) is 65.8 cm³/mol. The molecule has 5 nitrogen and oxygen atoms in total. The molecule has 0 aliphatic heterocycles. The summed E-state index contributed by atoms with van der Waals surface area (Å²) in [6, 6.07) is 0. The molecule has 0 fully saturated rings. The molecule has 0 aliphatic carbocycles. The van der Waals surface area contributed by atoms with Gasteiger partial charge in [-0.3, -0.25) is 4.68 Å². The lowest BCUT2D eigenvalue weighted by molar-refractivity contribution is 0.113. The molecule has 0 spiro atoms. The third-order valence-electron chi connectivity index (χ3n) is 2.58. The number of nitrogens with zero attached hydrogens (tertiary/aromatic N) is 3. The molecule has 1 N–H and O–H groups in total. The molecule has 0 saturated heterocycles. The molecule has 1 aromatic rings. The van der Waals surface area contributed by atoms with E-state index < -0.39 is 0 Å². The molecule has 1 atom stereocenters. The quantitative estimate of drug-likeness (QED) is 0.664. The van der Waals surface area contributed by atoms with E-state index in [9.17, 15) is 5.11 Å². The van der Waals surface area contributed by atoms with E-state index in [0.717, 1.165) is 44.8 Å². The number of aryl methyl sites for hydroxylation is 1. The lowest BCUT2D eigenvalue weighted by Gasteiger charge is -2.10. The number of hydrogen-bond acceptors (Lipinski definition) is 4. The van der Waals surface area contributed by atoms with Crippen LogP contribution < -0.4 is 0 Å². The van der Waals surface area contributed by atoms with Crippen molar-refractivity contribution in [2.24, 2.45) is 0 Å². The molecule has 0 aliphatic rings. The Kier molecular flexibility index (Phi) is 6.81. The molecule has 98 valence electrons. The maximum absolute atomic E-state index is 9.88. The molecule has 0 radical (unpaired) electrons. The van der Waals surface area contributed by atoms with E-state index in [1.165, 1.54) is 0 Å². The van der Waals surface area contributed by atoms with E-state index in [1.807, 2.05) is 11.6 Å². The summed E-state index contributed by atoms with van der Waals surface area (Å²) in [7, 11) is 0. The second kappa shape index (κ2) is 8.20. The highest BCUT2D eigenvalue weighted by Gasteiger charge is 2.10. The van der Waals surface area contributed by atoms with E-state index >= 15 is 0 Å². The summed E-state index contributed by atoms with van der Waals surface area (Å²) in [5.74, 6) is 0.871. The van der Waals surface area contributed by atoms with Gasteiger partial charge in [-0.2, -0.15) is 5.10 Å². The Labute approximate surface area is 103 Å². The van der Waals surface area contributed by atoms with Crippen molar-refractivity contribution in [1.29, 1.82) is 0 Å². The molecule has 0 aromatic carbocycles. The Hall–Kier alpha value is -0.940. The molecule has 1 aromatic heterocycles. The molecule has 17 heavy (non-hydrogen) atoms. The molecule has 0 amide bonds. The average Bonchev–Trinajstić information content (AvgIpc) is 2.73. The molecule has 5 heteroatoms. The van der Waals surface area contributed by atoms with Gasteiger partial charge in [0.15, 0.2) is 0 Å². The summed E-state index contributed by atoms with van der Waals surface area (Å²) in [6.07, 6.45) is 4.44. The summed E-state index contributed by atoms with van der Waals surface area (Å²) < 4.78 is 7.10. The first kappa shape index (κ1) is 14.1. The normalized spacial score (nSPS) is 12.9. The molecule has 1 heterocycles. The number of hydrogen-bond donors (Lipinski definition) is 1. The molecular formula is C12H23N3O2. The van der Waals surface area contributed by atoms with E-state index in [1.54, 1.807) is 6.33 Å². The number of ether oxygens (including phenoxy) is 1. The molecule has 1 unspecified atom stereocenters. The van der Waals surface area contributed by atoms with Crippen molar-refractivity contribution in [1.82, 2.24) is 14.8 Å². The van der Waals surface area contributed by atoms with Crippen LogP contribution in [0.1, 0.15) is 38.9 Å². The van der Waals surface area contributed by atoms with Gasteiger partial charge in [-0.05, 0) is 26.2 Å². The number of aliphatic hydroxyl groups excluding tert-OH is 1. The van der Waals surface area contributed by atoms with Gasteiger partial charge >= 0.3 is 0 Å². The fraction of sp³-hybridized carbons (Fsp3) is 0.833. The minimum atomic E-state index is -0.352. The zero-order chi connectivity index (χ0) is 12.5. The largest absolute Gasteiger partial charge is 0.393 e. The van der Waals surface area contributed by atoms with Gasteiger partial charge in [-0.1, -0.05) is 6.92 Å². The zero-order valence-corrected chi connectivity index (χ0v) is 10.8. The lowest BCUT2D eigenvalue weighted by atomic mass is 10.1. The Bertz CT molecular complexity index is 302. The first-order valence-electron chi connectivity index (χ1n) is 6.40. The number of rotatable bonds is 9. The Morgan fingerprint density at radius 3 is 3.00 bits per heavy atom. The van der Waals surface area contributed by atoms with Crippen molar-refractivity contribution in [3.8, 4) is 0 Å². The second-order valence-corrected chi connectivity index (χ2v) is 4.10. The maximum Gasteiger partial charge on any atom is 0.138 e. The summed E-state index contributed by atoms with van der Waals surface area (Å²) in [6.45, 7) is 6.39. The molecule has 0 saturated carbocycles. The van der Waals surface area contributed by atoms with Gasteiger partial charge in [-0.15, -0.1) is 0 Å². The van der Waals surface area contributed by atoms with Crippen molar-refractivity contribution in [2.75, 3.05) is 13.2 Å². The van der Waals surface area contributed by atoms with Crippen LogP contribution in [-0.4, -0.2) is 39.2 Å². The molecule has 1 rings (SSSR count). The van der Waals surface area contributed by atoms with E-state index in [4.69, 9.17) is 4.74 Å². The third kappa shape index (κ3) is 5.28. The van der Waals surface area contributed by atoms with Gasteiger partial charge in [0.2, 0.25) is 0 Å². The third-order valence-corrected chi connectivity index (χ3v) is 2.58. The Balaban J connectivity index is 2.29. The number of aromatic nitrogens is 3. The van der Waals surface area contributed by atoms with Crippen LogP contribution in [0.4, 0.5) is 0 Å². The van der Waals surface area contributed by atoms with Crippen molar-refractivity contribution in [2.45, 2.75) is 52.2 Å². The summed E-state index contributed by atoms with van der Waals surface area (Å²) in [5.41, 5.74) is 0. The van der Waals surface area contributed by atoms with Gasteiger partial charge < -0.3 is 9.84 Å². The van der Waals surface area contributed by atoms with E-state index in [2.05, 4.69) is 17.0 Å². The lowest BCUT2D eigenvalue weighted by Crippen LogP contribution is -2.16. The minimum Gasteiger partial charge on any atom is -0.393 e. The van der Waals surface area contributed by atoms with Crippen LogP contribution >= 0.6 is 0 Å². The van der Waals surface area contributed by atoms with Crippen molar-refractivity contribution in [3.05, 3.63) is 12.2 Å². The maximum atomic E-state index is 9.88. The van der Waals surface area contributed by atoms with E-state index in [-0.39, 0.29) is 6.10 Å². The van der Waals surface area contributed by atoms with Gasteiger partial charge in [0.05, 0.1) is 6.10 Å². The summed E-state index contributed by atoms with van der Waals surface area (Å²) >= 11 is 0. The fourth-order valence-electron chi connectivity index (χ4n) is 1.72. The predicted octanol–water partition coefficient (Wildman–Crippen LogP) is 1.41. The van der Waals surface area contributed by atoms with Crippen molar-refractivity contribution in [3.63, 3.8) is 0 Å². The van der Waals surface area contributed by atoms with E-state index in [0.29, 0.717) is 6.42 Å². The van der Waals surface area contributed by atoms with Crippen LogP contribution in [0, 0.1) is 0 Å². The smallest absolute Gasteiger partial charge is 0.138 e. The summed E-state index contributed by atoms with van der Waals surface area (Å²) in [4.78, 5) is 4.18. The van der Waals surface area contributed by atoms with Crippen molar-refractivity contribution >= 4 is 0 Å². The van der Waals surface area contributed by atoms with Crippen molar-refractivity contribution < 1.29 is 9.84 Å².